The number of fused-ring (bicyclic) bond motifs is 1. The fraction of sp³-hybridized carbons (Fsp3) is 0.333. The average molecular weight is 251 g/mol. The number of hydrogen-bond donors (Lipinski definition) is 1. The van der Waals surface area contributed by atoms with Gasteiger partial charge in [-0.15, -0.1) is 12.3 Å². The summed E-state index contributed by atoms with van der Waals surface area (Å²) >= 11 is 0. The highest BCUT2D eigenvalue weighted by Gasteiger charge is 2.11. The van der Waals surface area contributed by atoms with Gasteiger partial charge in [-0.2, -0.15) is 0 Å². The van der Waals surface area contributed by atoms with Crippen molar-refractivity contribution in [1.82, 2.24) is 5.32 Å². The van der Waals surface area contributed by atoms with E-state index in [2.05, 4.69) is 67.5 Å². The molecule has 1 N–H and O–H groups in total. The first-order chi connectivity index (χ1) is 9.24. The normalized spacial score (nSPS) is 13.9. The second-order valence-corrected chi connectivity index (χ2v) is 5.01. The molecule has 1 nitrogen and oxygen atoms in total. The maximum Gasteiger partial charge on any atom is 0.0294 e. The van der Waals surface area contributed by atoms with E-state index in [0.717, 1.165) is 12.8 Å². The number of rotatable bonds is 5. The van der Waals surface area contributed by atoms with Crippen molar-refractivity contribution < 1.29 is 0 Å². The van der Waals surface area contributed by atoms with E-state index in [1.165, 1.54) is 16.3 Å². The predicted octanol–water partition coefficient (Wildman–Crippen LogP) is 4.29. The summed E-state index contributed by atoms with van der Waals surface area (Å²) in [7, 11) is 0. The van der Waals surface area contributed by atoms with Crippen LogP contribution in [0.5, 0.6) is 0 Å². The molecule has 0 heterocycles. The molecule has 0 radical (unpaired) electrons. The lowest BCUT2D eigenvalue weighted by atomic mass is 10.0. The predicted molar refractivity (Wildman–Crippen MR) is 83.0 cm³/mol. The van der Waals surface area contributed by atoms with Crippen LogP contribution in [0.4, 0.5) is 0 Å². The van der Waals surface area contributed by atoms with Gasteiger partial charge in [0.05, 0.1) is 0 Å². The largest absolute Gasteiger partial charge is 0.307 e. The zero-order valence-corrected chi connectivity index (χ0v) is 11.7. The van der Waals surface area contributed by atoms with E-state index in [4.69, 9.17) is 6.42 Å². The molecule has 2 rings (SSSR count). The van der Waals surface area contributed by atoms with Gasteiger partial charge in [0.25, 0.3) is 0 Å². The SMILES string of the molecule is C#CCC(CC)NC(C)c1ccc2ccccc2c1. The minimum absolute atomic E-state index is 0.322. The first kappa shape index (κ1) is 13.6. The van der Waals surface area contributed by atoms with Gasteiger partial charge in [0.15, 0.2) is 0 Å². The van der Waals surface area contributed by atoms with Crippen LogP contribution in [0.25, 0.3) is 10.8 Å². The smallest absolute Gasteiger partial charge is 0.0294 e. The Kier molecular flexibility index (Phi) is 4.60. The summed E-state index contributed by atoms with van der Waals surface area (Å²) in [4.78, 5) is 0. The van der Waals surface area contributed by atoms with Crippen LogP contribution in [0, 0.1) is 12.3 Å². The second-order valence-electron chi connectivity index (χ2n) is 5.01. The summed E-state index contributed by atoms with van der Waals surface area (Å²) in [5.41, 5.74) is 1.31. The Morgan fingerprint density at radius 3 is 2.58 bits per heavy atom. The molecule has 0 spiro atoms. The van der Waals surface area contributed by atoms with Crippen LogP contribution < -0.4 is 5.32 Å². The van der Waals surface area contributed by atoms with E-state index in [-0.39, 0.29) is 0 Å². The van der Waals surface area contributed by atoms with Crippen molar-refractivity contribution in [2.75, 3.05) is 0 Å². The molecule has 98 valence electrons. The summed E-state index contributed by atoms with van der Waals surface area (Å²) < 4.78 is 0. The molecule has 0 fully saturated rings. The van der Waals surface area contributed by atoms with Crippen molar-refractivity contribution in [3.8, 4) is 12.3 Å². The Morgan fingerprint density at radius 1 is 1.16 bits per heavy atom. The number of hydrogen-bond acceptors (Lipinski definition) is 1. The van der Waals surface area contributed by atoms with Gasteiger partial charge in [-0.25, -0.2) is 0 Å². The Balaban J connectivity index is 2.17. The minimum atomic E-state index is 0.322. The Morgan fingerprint density at radius 2 is 1.89 bits per heavy atom. The highest BCUT2D eigenvalue weighted by molar-refractivity contribution is 5.83. The quantitative estimate of drug-likeness (QED) is 0.782. The lowest BCUT2D eigenvalue weighted by molar-refractivity contribution is 0.449. The van der Waals surface area contributed by atoms with E-state index >= 15 is 0 Å². The number of nitrogens with one attached hydrogen (secondary N) is 1. The zero-order chi connectivity index (χ0) is 13.7. The summed E-state index contributed by atoms with van der Waals surface area (Å²) in [5.74, 6) is 2.74. The molecule has 2 unspecified atom stereocenters. The van der Waals surface area contributed by atoms with Crippen molar-refractivity contribution in [3.05, 3.63) is 48.0 Å². The van der Waals surface area contributed by atoms with Crippen LogP contribution in [0.2, 0.25) is 0 Å². The summed E-state index contributed by atoms with van der Waals surface area (Å²) in [6.45, 7) is 4.37. The van der Waals surface area contributed by atoms with E-state index in [1.807, 2.05) is 0 Å². The van der Waals surface area contributed by atoms with Crippen LogP contribution in [-0.4, -0.2) is 6.04 Å². The van der Waals surface area contributed by atoms with Gasteiger partial charge < -0.3 is 5.32 Å². The van der Waals surface area contributed by atoms with Gasteiger partial charge in [-0.05, 0) is 35.7 Å². The Labute approximate surface area is 116 Å². The van der Waals surface area contributed by atoms with Crippen LogP contribution >= 0.6 is 0 Å². The van der Waals surface area contributed by atoms with Gasteiger partial charge in [-0.3, -0.25) is 0 Å². The molecule has 1 heteroatoms. The third kappa shape index (κ3) is 3.36. The maximum atomic E-state index is 5.40. The van der Waals surface area contributed by atoms with Crippen LogP contribution in [0.3, 0.4) is 0 Å². The van der Waals surface area contributed by atoms with Crippen molar-refractivity contribution in [2.24, 2.45) is 0 Å². The zero-order valence-electron chi connectivity index (χ0n) is 11.7. The molecule has 19 heavy (non-hydrogen) atoms. The molecule has 0 saturated heterocycles. The Bertz CT molecular complexity index is 580. The fourth-order valence-corrected chi connectivity index (χ4v) is 2.39. The van der Waals surface area contributed by atoms with Gasteiger partial charge in [0.2, 0.25) is 0 Å². The molecule has 0 aliphatic carbocycles. The first-order valence-corrected chi connectivity index (χ1v) is 6.92. The van der Waals surface area contributed by atoms with Crippen molar-refractivity contribution in [2.45, 2.75) is 38.8 Å². The lowest BCUT2D eigenvalue weighted by Crippen LogP contribution is -2.30. The van der Waals surface area contributed by atoms with E-state index in [0.29, 0.717) is 12.1 Å². The molecule has 0 bridgehead atoms. The van der Waals surface area contributed by atoms with E-state index < -0.39 is 0 Å². The molecular formula is C18H21N. The van der Waals surface area contributed by atoms with Gasteiger partial charge in [0, 0.05) is 18.5 Å². The molecule has 0 amide bonds. The fourth-order valence-electron chi connectivity index (χ4n) is 2.39. The second kappa shape index (κ2) is 6.41. The molecule has 0 aliphatic rings. The summed E-state index contributed by atoms with van der Waals surface area (Å²) in [6.07, 6.45) is 7.25. The number of benzene rings is 2. The minimum Gasteiger partial charge on any atom is -0.307 e. The summed E-state index contributed by atoms with van der Waals surface area (Å²) in [5, 5.41) is 6.18. The molecule has 0 aromatic heterocycles. The molecule has 0 aliphatic heterocycles. The van der Waals surface area contributed by atoms with Crippen LogP contribution in [0.15, 0.2) is 42.5 Å². The van der Waals surface area contributed by atoms with Gasteiger partial charge >= 0.3 is 0 Å². The average Bonchev–Trinajstić information content (AvgIpc) is 2.46. The van der Waals surface area contributed by atoms with Gasteiger partial charge in [0.1, 0.15) is 0 Å². The summed E-state index contributed by atoms with van der Waals surface area (Å²) in [6, 6.07) is 15.8. The Hall–Kier alpha value is -1.78. The van der Waals surface area contributed by atoms with Gasteiger partial charge in [-0.1, -0.05) is 43.3 Å². The van der Waals surface area contributed by atoms with Crippen molar-refractivity contribution in [3.63, 3.8) is 0 Å². The van der Waals surface area contributed by atoms with Crippen molar-refractivity contribution >= 4 is 10.8 Å². The third-order valence-electron chi connectivity index (χ3n) is 3.62. The highest BCUT2D eigenvalue weighted by atomic mass is 14.9. The van der Waals surface area contributed by atoms with Crippen LogP contribution in [-0.2, 0) is 0 Å². The van der Waals surface area contributed by atoms with Crippen molar-refractivity contribution in [1.29, 1.82) is 0 Å². The third-order valence-corrected chi connectivity index (χ3v) is 3.62. The van der Waals surface area contributed by atoms with E-state index in [9.17, 15) is 0 Å². The first-order valence-electron chi connectivity index (χ1n) is 6.92. The van der Waals surface area contributed by atoms with E-state index in [1.54, 1.807) is 0 Å². The maximum absolute atomic E-state index is 5.40. The highest BCUT2D eigenvalue weighted by Crippen LogP contribution is 2.21. The topological polar surface area (TPSA) is 12.0 Å². The standard InChI is InChI=1S/C18H21N/c1-4-8-18(5-2)19-14(3)16-12-11-15-9-6-7-10-17(15)13-16/h1,6-7,9-14,18-19H,5,8H2,2-3H3. The van der Waals surface area contributed by atoms with Crippen LogP contribution in [0.1, 0.15) is 38.3 Å². The lowest BCUT2D eigenvalue weighted by Gasteiger charge is -2.21. The molecular weight excluding hydrogens is 230 g/mol. The molecule has 2 aromatic rings. The molecule has 2 aromatic carbocycles. The molecule has 0 saturated carbocycles. The number of terminal acetylenes is 1. The molecule has 2 atom stereocenters. The monoisotopic (exact) mass is 251 g/mol.